The van der Waals surface area contributed by atoms with E-state index in [1.165, 1.54) is 23.1 Å². The Balaban J connectivity index is 2.41. The highest BCUT2D eigenvalue weighted by Gasteiger charge is 2.26. The van der Waals surface area contributed by atoms with E-state index in [0.29, 0.717) is 5.25 Å². The van der Waals surface area contributed by atoms with E-state index in [0.717, 1.165) is 5.75 Å². The van der Waals surface area contributed by atoms with Crippen LogP contribution in [0.25, 0.3) is 0 Å². The van der Waals surface area contributed by atoms with Gasteiger partial charge in [0.1, 0.15) is 0 Å². The van der Waals surface area contributed by atoms with E-state index in [4.69, 9.17) is 5.73 Å². The third-order valence-corrected chi connectivity index (χ3v) is 4.56. The van der Waals surface area contributed by atoms with Gasteiger partial charge in [-0.05, 0) is 30.0 Å². The Morgan fingerprint density at radius 3 is 3.00 bits per heavy atom. The third-order valence-electron chi connectivity index (χ3n) is 3.05. The summed E-state index contributed by atoms with van der Waals surface area (Å²) in [6, 6.07) is 6.72. The zero-order valence-corrected chi connectivity index (χ0v) is 9.60. The van der Waals surface area contributed by atoms with Crippen molar-refractivity contribution in [2.24, 2.45) is 5.73 Å². The molecule has 0 aromatic heterocycles. The van der Waals surface area contributed by atoms with Crippen molar-refractivity contribution >= 4 is 11.8 Å². The molecular formula is C12H17NS. The lowest BCUT2D eigenvalue weighted by atomic mass is 9.94. The molecule has 0 amide bonds. The van der Waals surface area contributed by atoms with E-state index in [2.05, 4.69) is 32.0 Å². The Kier molecular flexibility index (Phi) is 2.84. The van der Waals surface area contributed by atoms with Crippen LogP contribution < -0.4 is 5.73 Å². The van der Waals surface area contributed by atoms with E-state index >= 15 is 0 Å². The molecule has 76 valence electrons. The van der Waals surface area contributed by atoms with Crippen molar-refractivity contribution in [3.8, 4) is 0 Å². The molecule has 2 rings (SSSR count). The first-order valence-electron chi connectivity index (χ1n) is 5.19. The molecule has 2 unspecified atom stereocenters. The van der Waals surface area contributed by atoms with Crippen LogP contribution in [0.4, 0.5) is 0 Å². The van der Waals surface area contributed by atoms with Crippen LogP contribution in [0.2, 0.25) is 0 Å². The Labute approximate surface area is 90.1 Å². The third kappa shape index (κ3) is 1.57. The van der Waals surface area contributed by atoms with Crippen molar-refractivity contribution in [2.75, 3.05) is 0 Å². The van der Waals surface area contributed by atoms with Crippen LogP contribution in [-0.2, 0) is 5.75 Å². The molecule has 1 aromatic rings. The van der Waals surface area contributed by atoms with Gasteiger partial charge in [0.05, 0.1) is 0 Å². The summed E-state index contributed by atoms with van der Waals surface area (Å²) in [6.45, 7) is 4.40. The van der Waals surface area contributed by atoms with Gasteiger partial charge in [0.15, 0.2) is 0 Å². The van der Waals surface area contributed by atoms with Crippen molar-refractivity contribution in [2.45, 2.75) is 37.3 Å². The van der Waals surface area contributed by atoms with Crippen molar-refractivity contribution < 1.29 is 0 Å². The summed E-state index contributed by atoms with van der Waals surface area (Å²) in [7, 11) is 0. The fourth-order valence-corrected chi connectivity index (χ4v) is 3.47. The second-order valence-corrected chi connectivity index (χ2v) is 5.15. The quantitative estimate of drug-likeness (QED) is 0.766. The Hall–Kier alpha value is -0.470. The number of nitrogens with two attached hydrogens (primary N) is 1. The molecule has 2 N–H and O–H groups in total. The van der Waals surface area contributed by atoms with Crippen molar-refractivity contribution in [1.82, 2.24) is 0 Å². The second-order valence-electron chi connectivity index (χ2n) is 3.93. The number of fused-ring (bicyclic) bond motifs is 1. The average Bonchev–Trinajstić information content (AvgIpc) is 2.20. The molecule has 0 spiro atoms. The maximum absolute atomic E-state index is 6.25. The zero-order valence-electron chi connectivity index (χ0n) is 8.79. The standard InChI is InChI=1S/C12H17NS/c1-3-11-12(13)9-6-4-5-8(2)10(9)7-14-11/h4-6,11-12H,3,7,13H2,1-2H3. The minimum absolute atomic E-state index is 0.230. The maximum Gasteiger partial charge on any atom is 0.0418 e. The van der Waals surface area contributed by atoms with Crippen molar-refractivity contribution in [1.29, 1.82) is 0 Å². The summed E-state index contributed by atoms with van der Waals surface area (Å²) in [5.74, 6) is 1.13. The molecule has 0 saturated heterocycles. The maximum atomic E-state index is 6.25. The SMILES string of the molecule is CCC1SCc2c(C)cccc2C1N. The van der Waals surface area contributed by atoms with Gasteiger partial charge in [-0.25, -0.2) is 0 Å². The van der Waals surface area contributed by atoms with E-state index in [1.807, 2.05) is 11.8 Å². The first-order valence-corrected chi connectivity index (χ1v) is 6.24. The summed E-state index contributed by atoms with van der Waals surface area (Å²) >= 11 is 2.00. The van der Waals surface area contributed by atoms with Crippen LogP contribution in [0.5, 0.6) is 0 Å². The summed E-state index contributed by atoms with van der Waals surface area (Å²) < 4.78 is 0. The van der Waals surface area contributed by atoms with Crippen LogP contribution >= 0.6 is 11.8 Å². The van der Waals surface area contributed by atoms with Gasteiger partial charge in [0, 0.05) is 17.0 Å². The van der Waals surface area contributed by atoms with Gasteiger partial charge in [-0.2, -0.15) is 11.8 Å². The lowest BCUT2D eigenvalue weighted by Crippen LogP contribution is -2.28. The molecule has 2 atom stereocenters. The minimum atomic E-state index is 0.230. The van der Waals surface area contributed by atoms with E-state index < -0.39 is 0 Å². The molecule has 1 nitrogen and oxygen atoms in total. The molecule has 0 radical (unpaired) electrons. The molecule has 14 heavy (non-hydrogen) atoms. The van der Waals surface area contributed by atoms with Gasteiger partial charge in [0.25, 0.3) is 0 Å². The molecule has 1 aromatic carbocycles. The lowest BCUT2D eigenvalue weighted by molar-refractivity contribution is 0.642. The normalized spacial score (nSPS) is 25.9. The molecule has 0 aliphatic carbocycles. The van der Waals surface area contributed by atoms with Gasteiger partial charge in [-0.1, -0.05) is 25.1 Å². The van der Waals surface area contributed by atoms with Crippen LogP contribution in [0.15, 0.2) is 18.2 Å². The van der Waals surface area contributed by atoms with Gasteiger partial charge in [0.2, 0.25) is 0 Å². The molecule has 1 aliphatic heterocycles. The molecule has 1 heterocycles. The monoisotopic (exact) mass is 207 g/mol. The molecule has 0 saturated carbocycles. The average molecular weight is 207 g/mol. The highest BCUT2D eigenvalue weighted by Crippen LogP contribution is 2.38. The Bertz CT molecular complexity index is 335. The highest BCUT2D eigenvalue weighted by molar-refractivity contribution is 7.99. The molecule has 0 bridgehead atoms. The van der Waals surface area contributed by atoms with Crippen molar-refractivity contribution in [3.63, 3.8) is 0 Å². The minimum Gasteiger partial charge on any atom is -0.323 e. The molecule has 2 heteroatoms. The molecular weight excluding hydrogens is 190 g/mol. The fourth-order valence-electron chi connectivity index (χ4n) is 2.10. The van der Waals surface area contributed by atoms with Gasteiger partial charge in [-0.3, -0.25) is 0 Å². The summed E-state index contributed by atoms with van der Waals surface area (Å²) in [5, 5.41) is 0.601. The van der Waals surface area contributed by atoms with Gasteiger partial charge < -0.3 is 5.73 Å². The summed E-state index contributed by atoms with van der Waals surface area (Å²) in [4.78, 5) is 0. The van der Waals surface area contributed by atoms with Crippen molar-refractivity contribution in [3.05, 3.63) is 34.9 Å². The smallest absolute Gasteiger partial charge is 0.0418 e. The summed E-state index contributed by atoms with van der Waals surface area (Å²) in [5.41, 5.74) is 10.5. The number of hydrogen-bond donors (Lipinski definition) is 1. The number of hydrogen-bond acceptors (Lipinski definition) is 2. The highest BCUT2D eigenvalue weighted by atomic mass is 32.2. The Morgan fingerprint density at radius 1 is 1.50 bits per heavy atom. The number of rotatable bonds is 1. The topological polar surface area (TPSA) is 26.0 Å². The van der Waals surface area contributed by atoms with Crippen LogP contribution in [0.1, 0.15) is 36.1 Å². The van der Waals surface area contributed by atoms with Crippen LogP contribution in [0.3, 0.4) is 0 Å². The van der Waals surface area contributed by atoms with E-state index in [9.17, 15) is 0 Å². The first-order chi connectivity index (χ1) is 6.74. The number of aryl methyl sites for hydroxylation is 1. The van der Waals surface area contributed by atoms with E-state index in [-0.39, 0.29) is 6.04 Å². The molecule has 0 fully saturated rings. The number of thioether (sulfide) groups is 1. The zero-order chi connectivity index (χ0) is 10.1. The largest absolute Gasteiger partial charge is 0.323 e. The summed E-state index contributed by atoms with van der Waals surface area (Å²) in [6.07, 6.45) is 1.17. The predicted octanol–water partition coefficient (Wildman–Crippen LogP) is 3.02. The molecule has 1 aliphatic rings. The van der Waals surface area contributed by atoms with Gasteiger partial charge >= 0.3 is 0 Å². The Morgan fingerprint density at radius 2 is 2.29 bits per heavy atom. The van der Waals surface area contributed by atoms with E-state index in [1.54, 1.807) is 0 Å². The number of benzene rings is 1. The first kappa shape index (κ1) is 10.1. The van der Waals surface area contributed by atoms with Gasteiger partial charge in [-0.15, -0.1) is 0 Å². The lowest BCUT2D eigenvalue weighted by Gasteiger charge is -2.30. The predicted molar refractivity (Wildman–Crippen MR) is 63.5 cm³/mol. The second kappa shape index (κ2) is 3.95. The van der Waals surface area contributed by atoms with Crippen LogP contribution in [-0.4, -0.2) is 5.25 Å². The fraction of sp³-hybridized carbons (Fsp3) is 0.500. The van der Waals surface area contributed by atoms with Crippen LogP contribution in [0, 0.1) is 6.92 Å².